The average Bonchev–Trinajstić information content (AvgIpc) is 2.59. The van der Waals surface area contributed by atoms with E-state index < -0.39 is 0 Å². The lowest BCUT2D eigenvalue weighted by Crippen LogP contribution is -2.31. The molecule has 1 unspecified atom stereocenters. The number of rotatable bonds is 7. The number of nitrogens with one attached hydrogen (secondary N) is 1. The predicted molar refractivity (Wildman–Crippen MR) is 92.5 cm³/mol. The van der Waals surface area contributed by atoms with E-state index in [0.717, 1.165) is 5.56 Å². The molecule has 0 aliphatic carbocycles. The summed E-state index contributed by atoms with van der Waals surface area (Å²) in [6.45, 7) is 5.59. The summed E-state index contributed by atoms with van der Waals surface area (Å²) in [6, 6.07) is 15.4. The van der Waals surface area contributed by atoms with Gasteiger partial charge in [-0.2, -0.15) is 0 Å². The molecule has 4 nitrogen and oxygen atoms in total. The van der Waals surface area contributed by atoms with Crippen LogP contribution in [0.4, 0.5) is 0 Å². The third-order valence-electron chi connectivity index (χ3n) is 3.79. The fraction of sp³-hybridized carbons (Fsp3) is 0.316. The van der Waals surface area contributed by atoms with E-state index in [1.165, 1.54) is 5.56 Å². The maximum atomic E-state index is 12.3. The minimum atomic E-state index is -0.134. The molecule has 0 bridgehead atoms. The van der Waals surface area contributed by atoms with Crippen molar-refractivity contribution in [2.45, 2.75) is 20.5 Å². The standard InChI is InChI=1S/C19H24N2O2/c1-14(11-20)12-21-19(22)17-9-5-6-10-18(17)23-13-16-8-4-3-7-15(16)2/h3-10,14H,11-13,20H2,1-2H3,(H,21,22). The Morgan fingerprint density at radius 3 is 2.61 bits per heavy atom. The molecule has 3 N–H and O–H groups in total. The van der Waals surface area contributed by atoms with Gasteiger partial charge < -0.3 is 15.8 Å². The number of ether oxygens (including phenoxy) is 1. The van der Waals surface area contributed by atoms with Crippen LogP contribution in [-0.4, -0.2) is 19.0 Å². The molecule has 23 heavy (non-hydrogen) atoms. The Kier molecular flexibility index (Phi) is 6.18. The zero-order chi connectivity index (χ0) is 16.7. The second-order valence-electron chi connectivity index (χ2n) is 5.76. The molecule has 0 saturated carbocycles. The number of benzene rings is 2. The van der Waals surface area contributed by atoms with Gasteiger partial charge in [-0.05, 0) is 42.6 Å². The first-order valence-electron chi connectivity index (χ1n) is 7.86. The monoisotopic (exact) mass is 312 g/mol. The molecule has 1 amide bonds. The Morgan fingerprint density at radius 1 is 1.17 bits per heavy atom. The molecule has 1 atom stereocenters. The summed E-state index contributed by atoms with van der Waals surface area (Å²) in [6.07, 6.45) is 0. The van der Waals surface area contributed by atoms with Crippen molar-refractivity contribution in [3.05, 3.63) is 65.2 Å². The van der Waals surface area contributed by atoms with Crippen molar-refractivity contribution in [3.8, 4) is 5.75 Å². The maximum absolute atomic E-state index is 12.3. The fourth-order valence-electron chi connectivity index (χ4n) is 2.15. The van der Waals surface area contributed by atoms with Crippen molar-refractivity contribution in [2.24, 2.45) is 11.7 Å². The summed E-state index contributed by atoms with van der Waals surface area (Å²) in [4.78, 5) is 12.3. The van der Waals surface area contributed by atoms with Gasteiger partial charge in [0.15, 0.2) is 0 Å². The quantitative estimate of drug-likeness (QED) is 0.826. The van der Waals surface area contributed by atoms with E-state index in [0.29, 0.717) is 31.0 Å². The van der Waals surface area contributed by atoms with Gasteiger partial charge in [0, 0.05) is 6.54 Å². The number of para-hydroxylation sites is 1. The molecule has 122 valence electrons. The highest BCUT2D eigenvalue weighted by molar-refractivity contribution is 5.96. The van der Waals surface area contributed by atoms with Crippen molar-refractivity contribution >= 4 is 5.91 Å². The summed E-state index contributed by atoms with van der Waals surface area (Å²) in [5.41, 5.74) is 8.41. The van der Waals surface area contributed by atoms with Crippen LogP contribution in [-0.2, 0) is 6.61 Å². The Balaban J connectivity index is 2.05. The number of carbonyl (C=O) groups is 1. The first-order valence-corrected chi connectivity index (χ1v) is 7.86. The summed E-state index contributed by atoms with van der Waals surface area (Å²) < 4.78 is 5.87. The lowest BCUT2D eigenvalue weighted by molar-refractivity contribution is 0.0944. The van der Waals surface area contributed by atoms with Gasteiger partial charge in [-0.1, -0.05) is 43.3 Å². The van der Waals surface area contributed by atoms with E-state index in [2.05, 4.69) is 5.32 Å². The molecule has 0 radical (unpaired) electrons. The molecule has 0 aliphatic heterocycles. The highest BCUT2D eigenvalue weighted by Gasteiger charge is 2.13. The summed E-state index contributed by atoms with van der Waals surface area (Å²) in [7, 11) is 0. The molecule has 0 heterocycles. The van der Waals surface area contributed by atoms with Crippen molar-refractivity contribution in [1.29, 1.82) is 0 Å². The second-order valence-corrected chi connectivity index (χ2v) is 5.76. The Bertz CT molecular complexity index is 655. The van der Waals surface area contributed by atoms with E-state index in [1.54, 1.807) is 6.07 Å². The predicted octanol–water partition coefficient (Wildman–Crippen LogP) is 2.90. The van der Waals surface area contributed by atoms with Crippen LogP contribution in [0, 0.1) is 12.8 Å². The molecule has 2 rings (SSSR count). The van der Waals surface area contributed by atoms with E-state index in [4.69, 9.17) is 10.5 Å². The largest absolute Gasteiger partial charge is 0.488 e. The first kappa shape index (κ1) is 17.0. The van der Waals surface area contributed by atoms with Crippen LogP contribution < -0.4 is 15.8 Å². The highest BCUT2D eigenvalue weighted by Crippen LogP contribution is 2.20. The highest BCUT2D eigenvalue weighted by atomic mass is 16.5. The molecule has 0 spiro atoms. The molecule has 2 aromatic rings. The van der Waals surface area contributed by atoms with Crippen molar-refractivity contribution in [1.82, 2.24) is 5.32 Å². The number of hydrogen-bond acceptors (Lipinski definition) is 3. The first-order chi connectivity index (χ1) is 11.1. The van der Waals surface area contributed by atoms with Crippen molar-refractivity contribution in [3.63, 3.8) is 0 Å². The molecule has 0 aliphatic rings. The molecule has 2 aromatic carbocycles. The molecule has 4 heteroatoms. The third-order valence-corrected chi connectivity index (χ3v) is 3.79. The van der Waals surface area contributed by atoms with Crippen LogP contribution in [0.15, 0.2) is 48.5 Å². The van der Waals surface area contributed by atoms with Crippen molar-refractivity contribution in [2.75, 3.05) is 13.1 Å². The Morgan fingerprint density at radius 2 is 1.87 bits per heavy atom. The van der Waals surface area contributed by atoms with Crippen LogP contribution in [0.3, 0.4) is 0 Å². The van der Waals surface area contributed by atoms with E-state index in [9.17, 15) is 4.79 Å². The van der Waals surface area contributed by atoms with Gasteiger partial charge in [0.25, 0.3) is 5.91 Å². The van der Waals surface area contributed by atoms with E-state index in [1.807, 2.05) is 56.3 Å². The fourth-order valence-corrected chi connectivity index (χ4v) is 2.15. The summed E-state index contributed by atoms with van der Waals surface area (Å²) in [5.74, 6) is 0.707. The molecule has 0 saturated heterocycles. The van der Waals surface area contributed by atoms with Gasteiger partial charge in [-0.25, -0.2) is 0 Å². The summed E-state index contributed by atoms with van der Waals surface area (Å²) in [5, 5.41) is 2.90. The zero-order valence-electron chi connectivity index (χ0n) is 13.7. The zero-order valence-corrected chi connectivity index (χ0v) is 13.7. The molecule has 0 fully saturated rings. The molecular formula is C19H24N2O2. The van der Waals surface area contributed by atoms with Crippen LogP contribution in [0.5, 0.6) is 5.75 Å². The smallest absolute Gasteiger partial charge is 0.255 e. The SMILES string of the molecule is Cc1ccccc1COc1ccccc1C(=O)NCC(C)CN. The number of carbonyl (C=O) groups excluding carboxylic acids is 1. The molecule has 0 aromatic heterocycles. The maximum Gasteiger partial charge on any atom is 0.255 e. The number of hydrogen-bond donors (Lipinski definition) is 2. The molecular weight excluding hydrogens is 288 g/mol. The number of aryl methyl sites for hydroxylation is 1. The van der Waals surface area contributed by atoms with E-state index in [-0.39, 0.29) is 11.8 Å². The minimum Gasteiger partial charge on any atom is -0.488 e. The van der Waals surface area contributed by atoms with Crippen molar-refractivity contribution < 1.29 is 9.53 Å². The minimum absolute atomic E-state index is 0.134. The average molecular weight is 312 g/mol. The van der Waals surface area contributed by atoms with Gasteiger partial charge in [-0.15, -0.1) is 0 Å². The normalized spacial score (nSPS) is 11.8. The topological polar surface area (TPSA) is 64.3 Å². The van der Waals surface area contributed by atoms with Gasteiger partial charge in [0.05, 0.1) is 5.56 Å². The Labute approximate surface area is 137 Å². The van der Waals surface area contributed by atoms with Crippen LogP contribution in [0.1, 0.15) is 28.4 Å². The lowest BCUT2D eigenvalue weighted by Gasteiger charge is -2.14. The van der Waals surface area contributed by atoms with Crippen LogP contribution in [0.25, 0.3) is 0 Å². The van der Waals surface area contributed by atoms with Gasteiger partial charge in [0.1, 0.15) is 12.4 Å². The van der Waals surface area contributed by atoms with Crippen LogP contribution >= 0.6 is 0 Å². The van der Waals surface area contributed by atoms with E-state index >= 15 is 0 Å². The number of amides is 1. The van der Waals surface area contributed by atoms with Gasteiger partial charge in [-0.3, -0.25) is 4.79 Å². The van der Waals surface area contributed by atoms with Crippen LogP contribution in [0.2, 0.25) is 0 Å². The number of nitrogens with two attached hydrogens (primary N) is 1. The second kappa shape index (κ2) is 8.34. The lowest BCUT2D eigenvalue weighted by atomic mass is 10.1. The van der Waals surface area contributed by atoms with Gasteiger partial charge in [0.2, 0.25) is 0 Å². The third kappa shape index (κ3) is 4.83. The van der Waals surface area contributed by atoms with Gasteiger partial charge >= 0.3 is 0 Å². The Hall–Kier alpha value is -2.33. The summed E-state index contributed by atoms with van der Waals surface area (Å²) >= 11 is 0.